The molecular weight excluding hydrogens is 328 g/mol. The molecule has 0 aliphatic carbocycles. The molecule has 2 rings (SSSR count). The Labute approximate surface area is 123 Å². The SMILES string of the molecule is CN(Cc1ccccc1Br)S(=O)(=O)N1CCCCC1. The highest BCUT2D eigenvalue weighted by molar-refractivity contribution is 9.10. The number of benzene rings is 1. The molecule has 0 atom stereocenters. The van der Waals surface area contributed by atoms with Crippen molar-refractivity contribution in [2.75, 3.05) is 20.1 Å². The number of hydrogen-bond donors (Lipinski definition) is 0. The molecule has 1 aromatic rings. The predicted octanol–water partition coefficient (Wildman–Crippen LogP) is 2.61. The van der Waals surface area contributed by atoms with Crippen molar-refractivity contribution in [1.82, 2.24) is 8.61 Å². The quantitative estimate of drug-likeness (QED) is 0.840. The summed E-state index contributed by atoms with van der Waals surface area (Å²) in [6.45, 7) is 1.67. The van der Waals surface area contributed by atoms with Crippen LogP contribution in [0, 0.1) is 0 Å². The second-order valence-electron chi connectivity index (χ2n) is 4.81. The van der Waals surface area contributed by atoms with Gasteiger partial charge in [0, 0.05) is 31.2 Å². The van der Waals surface area contributed by atoms with Crippen molar-refractivity contribution in [3.05, 3.63) is 34.3 Å². The zero-order valence-electron chi connectivity index (χ0n) is 11.0. The summed E-state index contributed by atoms with van der Waals surface area (Å²) in [5, 5.41) is 0. The molecule has 1 saturated heterocycles. The van der Waals surface area contributed by atoms with E-state index in [0.717, 1.165) is 29.3 Å². The van der Waals surface area contributed by atoms with Crippen LogP contribution in [-0.2, 0) is 16.8 Å². The van der Waals surface area contributed by atoms with Crippen LogP contribution in [-0.4, -0.2) is 37.2 Å². The van der Waals surface area contributed by atoms with Gasteiger partial charge in [-0.3, -0.25) is 0 Å². The third kappa shape index (κ3) is 3.56. The maximum atomic E-state index is 12.4. The minimum atomic E-state index is -3.33. The molecule has 1 aliphatic heterocycles. The van der Waals surface area contributed by atoms with Gasteiger partial charge < -0.3 is 0 Å². The zero-order valence-corrected chi connectivity index (χ0v) is 13.5. The van der Waals surface area contributed by atoms with E-state index in [1.165, 1.54) is 4.31 Å². The van der Waals surface area contributed by atoms with Gasteiger partial charge >= 0.3 is 0 Å². The van der Waals surface area contributed by atoms with Gasteiger partial charge in [-0.2, -0.15) is 17.0 Å². The second kappa shape index (κ2) is 6.35. The highest BCUT2D eigenvalue weighted by atomic mass is 79.9. The van der Waals surface area contributed by atoms with Gasteiger partial charge in [-0.05, 0) is 24.5 Å². The molecule has 0 radical (unpaired) electrons. The van der Waals surface area contributed by atoms with E-state index in [0.29, 0.717) is 19.6 Å². The first-order valence-corrected chi connectivity index (χ1v) is 8.65. The lowest BCUT2D eigenvalue weighted by molar-refractivity contribution is 0.314. The molecule has 1 heterocycles. The van der Waals surface area contributed by atoms with Gasteiger partial charge in [0.1, 0.15) is 0 Å². The van der Waals surface area contributed by atoms with E-state index in [9.17, 15) is 8.42 Å². The summed E-state index contributed by atoms with van der Waals surface area (Å²) >= 11 is 3.45. The van der Waals surface area contributed by atoms with Gasteiger partial charge in [0.05, 0.1) is 0 Å². The van der Waals surface area contributed by atoms with Crippen LogP contribution in [0.15, 0.2) is 28.7 Å². The summed E-state index contributed by atoms with van der Waals surface area (Å²) in [4.78, 5) is 0. The predicted molar refractivity (Wildman–Crippen MR) is 80.0 cm³/mol. The van der Waals surface area contributed by atoms with Crippen LogP contribution in [0.2, 0.25) is 0 Å². The first-order valence-electron chi connectivity index (χ1n) is 6.46. The van der Waals surface area contributed by atoms with Crippen LogP contribution in [0.3, 0.4) is 0 Å². The topological polar surface area (TPSA) is 40.6 Å². The average molecular weight is 347 g/mol. The number of piperidine rings is 1. The molecule has 0 bridgehead atoms. The normalized spacial score (nSPS) is 17.8. The highest BCUT2D eigenvalue weighted by Crippen LogP contribution is 2.21. The minimum absolute atomic E-state index is 0.389. The molecule has 19 heavy (non-hydrogen) atoms. The van der Waals surface area contributed by atoms with Crippen molar-refractivity contribution >= 4 is 26.1 Å². The van der Waals surface area contributed by atoms with Crippen molar-refractivity contribution < 1.29 is 8.42 Å². The Balaban J connectivity index is 2.10. The lowest BCUT2D eigenvalue weighted by Gasteiger charge is -2.30. The fourth-order valence-electron chi connectivity index (χ4n) is 2.24. The van der Waals surface area contributed by atoms with Crippen LogP contribution >= 0.6 is 15.9 Å². The molecule has 1 aromatic carbocycles. The summed E-state index contributed by atoms with van der Waals surface area (Å²) in [6, 6.07) is 7.71. The molecular formula is C13H19BrN2O2S. The average Bonchev–Trinajstić information content (AvgIpc) is 2.42. The van der Waals surface area contributed by atoms with Crippen LogP contribution in [0.25, 0.3) is 0 Å². The van der Waals surface area contributed by atoms with Crippen molar-refractivity contribution in [1.29, 1.82) is 0 Å². The second-order valence-corrected chi connectivity index (χ2v) is 7.70. The van der Waals surface area contributed by atoms with Crippen LogP contribution in [0.4, 0.5) is 0 Å². The highest BCUT2D eigenvalue weighted by Gasteiger charge is 2.28. The Bertz CT molecular complexity index is 527. The molecule has 6 heteroatoms. The van der Waals surface area contributed by atoms with E-state index in [1.54, 1.807) is 11.4 Å². The van der Waals surface area contributed by atoms with E-state index in [1.807, 2.05) is 24.3 Å². The van der Waals surface area contributed by atoms with E-state index >= 15 is 0 Å². The zero-order chi connectivity index (χ0) is 13.9. The van der Waals surface area contributed by atoms with Gasteiger partial charge in [-0.15, -0.1) is 0 Å². The Hall–Kier alpha value is -0.430. The summed E-state index contributed by atoms with van der Waals surface area (Å²) in [5.41, 5.74) is 0.977. The maximum absolute atomic E-state index is 12.4. The number of nitrogens with zero attached hydrogens (tertiary/aromatic N) is 2. The van der Waals surface area contributed by atoms with E-state index in [4.69, 9.17) is 0 Å². The first-order chi connectivity index (χ1) is 9.01. The Morgan fingerprint density at radius 3 is 2.47 bits per heavy atom. The molecule has 0 spiro atoms. The van der Waals surface area contributed by atoms with Crippen LogP contribution in [0.5, 0.6) is 0 Å². The number of halogens is 1. The third-order valence-electron chi connectivity index (χ3n) is 3.39. The Morgan fingerprint density at radius 2 is 1.84 bits per heavy atom. The fraction of sp³-hybridized carbons (Fsp3) is 0.538. The molecule has 106 valence electrons. The maximum Gasteiger partial charge on any atom is 0.282 e. The van der Waals surface area contributed by atoms with Gasteiger partial charge in [0.25, 0.3) is 10.2 Å². The smallest absolute Gasteiger partial charge is 0.195 e. The lowest BCUT2D eigenvalue weighted by Crippen LogP contribution is -2.44. The summed E-state index contributed by atoms with van der Waals surface area (Å²) in [5.74, 6) is 0. The van der Waals surface area contributed by atoms with Crippen molar-refractivity contribution in [2.24, 2.45) is 0 Å². The van der Waals surface area contributed by atoms with Crippen molar-refractivity contribution in [2.45, 2.75) is 25.8 Å². The fourth-order valence-corrected chi connectivity index (χ4v) is 4.07. The van der Waals surface area contributed by atoms with E-state index in [-0.39, 0.29) is 0 Å². The summed E-state index contributed by atoms with van der Waals surface area (Å²) in [7, 11) is -1.69. The molecule has 1 fully saturated rings. The standard InChI is InChI=1S/C13H19BrN2O2S/c1-15(11-12-7-3-4-8-13(12)14)19(17,18)16-9-5-2-6-10-16/h3-4,7-8H,2,5-6,9-11H2,1H3. The van der Waals surface area contributed by atoms with Crippen molar-refractivity contribution in [3.8, 4) is 0 Å². The lowest BCUT2D eigenvalue weighted by atomic mass is 10.2. The largest absolute Gasteiger partial charge is 0.282 e. The molecule has 1 aliphatic rings. The molecule has 0 unspecified atom stereocenters. The van der Waals surface area contributed by atoms with Crippen LogP contribution < -0.4 is 0 Å². The number of hydrogen-bond acceptors (Lipinski definition) is 2. The molecule has 0 amide bonds. The monoisotopic (exact) mass is 346 g/mol. The minimum Gasteiger partial charge on any atom is -0.195 e. The molecule has 4 nitrogen and oxygen atoms in total. The molecule has 0 N–H and O–H groups in total. The van der Waals surface area contributed by atoms with Gasteiger partial charge in [-0.1, -0.05) is 40.5 Å². The van der Waals surface area contributed by atoms with Gasteiger partial charge in [0.2, 0.25) is 0 Å². The summed E-state index contributed by atoms with van der Waals surface area (Å²) < 4.78 is 28.8. The Morgan fingerprint density at radius 1 is 1.21 bits per heavy atom. The molecule has 0 aromatic heterocycles. The van der Waals surface area contributed by atoms with Crippen LogP contribution in [0.1, 0.15) is 24.8 Å². The number of rotatable bonds is 4. The first kappa shape index (κ1) is 15.0. The third-order valence-corrected chi connectivity index (χ3v) is 6.09. The molecule has 0 saturated carbocycles. The summed E-state index contributed by atoms with van der Waals surface area (Å²) in [6.07, 6.45) is 3.05. The van der Waals surface area contributed by atoms with Crippen molar-refractivity contribution in [3.63, 3.8) is 0 Å². The van der Waals surface area contributed by atoms with Gasteiger partial charge in [0.15, 0.2) is 0 Å². The van der Waals surface area contributed by atoms with E-state index < -0.39 is 10.2 Å². The van der Waals surface area contributed by atoms with Gasteiger partial charge in [-0.25, -0.2) is 0 Å². The Kier molecular flexibility index (Phi) is 5.00. The van der Waals surface area contributed by atoms with E-state index in [2.05, 4.69) is 15.9 Å².